The van der Waals surface area contributed by atoms with Gasteiger partial charge in [-0.3, -0.25) is 4.79 Å². The van der Waals surface area contributed by atoms with Crippen LogP contribution in [-0.4, -0.2) is 38.6 Å². The van der Waals surface area contributed by atoms with Gasteiger partial charge in [-0.25, -0.2) is 0 Å². The number of carbonyl (C=O) groups excluding carboxylic acids is 1. The zero-order chi connectivity index (χ0) is 9.26. The van der Waals surface area contributed by atoms with Crippen LogP contribution in [0.4, 0.5) is 0 Å². The molecule has 0 aliphatic carbocycles. The Morgan fingerprint density at radius 3 is 3.00 bits per heavy atom. The fourth-order valence-electron chi connectivity index (χ4n) is 1.15. The molecular formula is C7H9N3OS2. The highest BCUT2D eigenvalue weighted by Gasteiger charge is 2.23. The largest absolute Gasteiger partial charge is 0.328 e. The van der Waals surface area contributed by atoms with E-state index < -0.39 is 0 Å². The summed E-state index contributed by atoms with van der Waals surface area (Å²) in [5.41, 5.74) is 0.743. The Hall–Kier alpha value is -0.620. The van der Waals surface area contributed by atoms with Gasteiger partial charge in [0.2, 0.25) is 0 Å². The number of nitrogens with zero attached hydrogens (tertiary/aromatic N) is 3. The molecule has 70 valence electrons. The molecule has 1 aliphatic heterocycles. The number of carbonyl (C=O) groups is 1. The number of amides is 1. The first-order valence-corrected chi connectivity index (χ1v) is 5.88. The van der Waals surface area contributed by atoms with Gasteiger partial charge >= 0.3 is 0 Å². The summed E-state index contributed by atoms with van der Waals surface area (Å²) in [7, 11) is 0. The standard InChI is InChI=1S/C7H9N3OS2/c1-5-6(13-9-8-5)7(11)10-2-3-12-4-10/h2-4H2,1H3. The second-order valence-electron chi connectivity index (χ2n) is 2.79. The number of thioether (sulfide) groups is 1. The molecule has 0 bridgehead atoms. The van der Waals surface area contributed by atoms with Gasteiger partial charge in [-0.15, -0.1) is 16.9 Å². The van der Waals surface area contributed by atoms with Crippen molar-refractivity contribution in [2.24, 2.45) is 0 Å². The number of hydrogen-bond acceptors (Lipinski definition) is 5. The average Bonchev–Trinajstić information content (AvgIpc) is 2.72. The van der Waals surface area contributed by atoms with Gasteiger partial charge in [0.05, 0.1) is 11.6 Å². The maximum atomic E-state index is 11.8. The highest BCUT2D eigenvalue weighted by Crippen LogP contribution is 2.19. The van der Waals surface area contributed by atoms with Crippen molar-refractivity contribution < 1.29 is 4.79 Å². The molecule has 0 saturated carbocycles. The third-order valence-electron chi connectivity index (χ3n) is 1.89. The van der Waals surface area contributed by atoms with Crippen molar-refractivity contribution in [1.82, 2.24) is 14.5 Å². The van der Waals surface area contributed by atoms with Crippen LogP contribution >= 0.6 is 23.3 Å². The zero-order valence-electron chi connectivity index (χ0n) is 7.19. The van der Waals surface area contributed by atoms with Crippen LogP contribution in [0.25, 0.3) is 0 Å². The summed E-state index contributed by atoms with van der Waals surface area (Å²) in [4.78, 5) is 14.3. The first-order valence-electron chi connectivity index (χ1n) is 3.95. The molecule has 1 aromatic heterocycles. The summed E-state index contributed by atoms with van der Waals surface area (Å²) < 4.78 is 3.75. The second kappa shape index (κ2) is 3.63. The highest BCUT2D eigenvalue weighted by atomic mass is 32.2. The van der Waals surface area contributed by atoms with Crippen molar-refractivity contribution in [2.45, 2.75) is 6.92 Å². The lowest BCUT2D eigenvalue weighted by atomic mass is 10.3. The van der Waals surface area contributed by atoms with Crippen LogP contribution in [0.2, 0.25) is 0 Å². The summed E-state index contributed by atoms with van der Waals surface area (Å²) in [6, 6.07) is 0. The van der Waals surface area contributed by atoms with Crippen molar-refractivity contribution in [3.05, 3.63) is 10.6 Å². The molecular weight excluding hydrogens is 206 g/mol. The Bertz CT molecular complexity index is 319. The van der Waals surface area contributed by atoms with Crippen molar-refractivity contribution in [3.63, 3.8) is 0 Å². The average molecular weight is 215 g/mol. The lowest BCUT2D eigenvalue weighted by Gasteiger charge is -2.12. The van der Waals surface area contributed by atoms with Crippen molar-refractivity contribution in [1.29, 1.82) is 0 Å². The molecule has 0 N–H and O–H groups in total. The van der Waals surface area contributed by atoms with Crippen LogP contribution in [0.1, 0.15) is 15.4 Å². The zero-order valence-corrected chi connectivity index (χ0v) is 8.82. The van der Waals surface area contributed by atoms with Gasteiger partial charge in [-0.2, -0.15) is 0 Å². The van der Waals surface area contributed by atoms with Crippen LogP contribution in [0.5, 0.6) is 0 Å². The lowest BCUT2D eigenvalue weighted by molar-refractivity contribution is 0.0806. The van der Waals surface area contributed by atoms with E-state index in [-0.39, 0.29) is 5.91 Å². The lowest BCUT2D eigenvalue weighted by Crippen LogP contribution is -2.27. The Labute approximate surface area is 84.5 Å². The van der Waals surface area contributed by atoms with Gasteiger partial charge in [0.15, 0.2) is 0 Å². The SMILES string of the molecule is Cc1nnsc1C(=O)N1CCSC1. The molecule has 0 radical (unpaired) electrons. The molecule has 1 fully saturated rings. The van der Waals surface area contributed by atoms with Crippen molar-refractivity contribution in [3.8, 4) is 0 Å². The summed E-state index contributed by atoms with van der Waals surface area (Å²) in [6.45, 7) is 2.67. The quantitative estimate of drug-likeness (QED) is 0.701. The van der Waals surface area contributed by atoms with Gasteiger partial charge in [0, 0.05) is 12.3 Å². The summed E-state index contributed by atoms with van der Waals surface area (Å²) in [6.07, 6.45) is 0. The van der Waals surface area contributed by atoms with E-state index in [4.69, 9.17) is 0 Å². The third kappa shape index (κ3) is 1.68. The Kier molecular flexibility index (Phi) is 2.50. The highest BCUT2D eigenvalue weighted by molar-refractivity contribution is 7.99. The van der Waals surface area contributed by atoms with Gasteiger partial charge in [0.25, 0.3) is 5.91 Å². The number of hydrogen-bond donors (Lipinski definition) is 0. The predicted octanol–water partition coefficient (Wildman–Crippen LogP) is 0.993. The molecule has 1 aromatic rings. The molecule has 6 heteroatoms. The van der Waals surface area contributed by atoms with E-state index >= 15 is 0 Å². The fraction of sp³-hybridized carbons (Fsp3) is 0.571. The first-order chi connectivity index (χ1) is 6.29. The molecule has 0 aromatic carbocycles. The predicted molar refractivity (Wildman–Crippen MR) is 53.0 cm³/mol. The molecule has 1 amide bonds. The Morgan fingerprint density at radius 2 is 2.46 bits per heavy atom. The Morgan fingerprint density at radius 1 is 1.62 bits per heavy atom. The monoisotopic (exact) mass is 215 g/mol. The summed E-state index contributed by atoms with van der Waals surface area (Å²) >= 11 is 2.97. The minimum Gasteiger partial charge on any atom is -0.328 e. The van der Waals surface area contributed by atoms with Crippen LogP contribution in [0.3, 0.4) is 0 Å². The second-order valence-corrected chi connectivity index (χ2v) is 4.62. The van der Waals surface area contributed by atoms with E-state index in [1.165, 1.54) is 11.5 Å². The van der Waals surface area contributed by atoms with E-state index in [1.54, 1.807) is 11.8 Å². The Balaban J connectivity index is 2.17. The van der Waals surface area contributed by atoms with Crippen LogP contribution < -0.4 is 0 Å². The van der Waals surface area contributed by atoms with E-state index in [0.717, 1.165) is 23.9 Å². The van der Waals surface area contributed by atoms with Crippen molar-refractivity contribution in [2.75, 3.05) is 18.2 Å². The number of rotatable bonds is 1. The molecule has 4 nitrogen and oxygen atoms in total. The molecule has 0 unspecified atom stereocenters. The van der Waals surface area contributed by atoms with Gasteiger partial charge < -0.3 is 4.90 Å². The van der Waals surface area contributed by atoms with Crippen LogP contribution in [0, 0.1) is 6.92 Å². The molecule has 1 aliphatic rings. The van der Waals surface area contributed by atoms with Gasteiger partial charge in [-0.1, -0.05) is 4.49 Å². The number of aromatic nitrogens is 2. The third-order valence-corrected chi connectivity index (χ3v) is 3.67. The molecule has 0 atom stereocenters. The van der Waals surface area contributed by atoms with Gasteiger partial charge in [0.1, 0.15) is 4.88 Å². The molecule has 2 rings (SSSR count). The summed E-state index contributed by atoms with van der Waals surface area (Å²) in [5.74, 6) is 1.92. The maximum absolute atomic E-state index is 11.8. The van der Waals surface area contributed by atoms with Gasteiger partial charge in [-0.05, 0) is 18.5 Å². The minimum atomic E-state index is 0.0810. The van der Waals surface area contributed by atoms with E-state index in [9.17, 15) is 4.79 Å². The smallest absolute Gasteiger partial charge is 0.268 e. The molecule has 2 heterocycles. The van der Waals surface area contributed by atoms with Crippen LogP contribution in [-0.2, 0) is 0 Å². The number of aryl methyl sites for hydroxylation is 1. The maximum Gasteiger partial charge on any atom is 0.268 e. The molecule has 1 saturated heterocycles. The van der Waals surface area contributed by atoms with E-state index in [2.05, 4.69) is 9.59 Å². The molecule has 13 heavy (non-hydrogen) atoms. The normalized spacial score (nSPS) is 16.5. The molecule has 0 spiro atoms. The van der Waals surface area contributed by atoms with Crippen LogP contribution in [0.15, 0.2) is 0 Å². The fourth-order valence-corrected chi connectivity index (χ4v) is 2.72. The summed E-state index contributed by atoms with van der Waals surface area (Å²) in [5, 5.41) is 3.82. The van der Waals surface area contributed by atoms with Crippen molar-refractivity contribution >= 4 is 29.2 Å². The van der Waals surface area contributed by atoms with E-state index in [0.29, 0.717) is 4.88 Å². The first kappa shape index (κ1) is 8.96. The topological polar surface area (TPSA) is 46.1 Å². The van der Waals surface area contributed by atoms with E-state index in [1.807, 2.05) is 11.8 Å². The minimum absolute atomic E-state index is 0.0810.